The van der Waals surface area contributed by atoms with Crippen molar-refractivity contribution in [3.05, 3.63) is 36.4 Å². The molecule has 0 radical (unpaired) electrons. The largest absolute Gasteiger partial charge is 0.0991 e. The van der Waals surface area contributed by atoms with Gasteiger partial charge in [0.2, 0.25) is 0 Å². The summed E-state index contributed by atoms with van der Waals surface area (Å²) >= 11 is 5.33. The summed E-state index contributed by atoms with van der Waals surface area (Å²) in [6, 6.07) is 0. The van der Waals surface area contributed by atoms with E-state index in [4.69, 9.17) is 11.6 Å². The number of allylic oxidation sites excluding steroid dienone is 4. The molecular weight excluding hydrogens is 108 g/mol. The molecule has 0 spiro atoms. The highest BCUT2D eigenvalue weighted by atomic mass is 35.5. The van der Waals surface area contributed by atoms with Gasteiger partial charge in [-0.3, -0.25) is 0 Å². The minimum Gasteiger partial charge on any atom is -0.0991 e. The monoisotopic (exact) mass is 114 g/mol. The highest BCUT2D eigenvalue weighted by Gasteiger charge is 1.68. The van der Waals surface area contributed by atoms with Crippen molar-refractivity contribution in [2.24, 2.45) is 0 Å². The van der Waals surface area contributed by atoms with E-state index < -0.39 is 0 Å². The maximum Gasteiger partial charge on any atom is 0.0334 e. The van der Waals surface area contributed by atoms with Crippen LogP contribution in [0.4, 0.5) is 0 Å². The summed E-state index contributed by atoms with van der Waals surface area (Å²) in [4.78, 5) is 0. The number of hydrogen-bond donors (Lipinski definition) is 0. The lowest BCUT2D eigenvalue weighted by Gasteiger charge is -1.74. The van der Waals surface area contributed by atoms with Crippen LogP contribution >= 0.6 is 11.6 Å². The molecule has 0 aromatic rings. The van der Waals surface area contributed by atoms with Gasteiger partial charge in [-0.1, -0.05) is 36.9 Å². The molecule has 0 bridgehead atoms. The lowest BCUT2D eigenvalue weighted by Crippen LogP contribution is -1.50. The zero-order valence-electron chi connectivity index (χ0n) is 4.02. The van der Waals surface area contributed by atoms with Crippen LogP contribution in [0.5, 0.6) is 0 Å². The highest BCUT2D eigenvalue weighted by molar-refractivity contribution is 6.30. The maximum atomic E-state index is 5.33. The highest BCUT2D eigenvalue weighted by Crippen LogP contribution is 1.96. The van der Waals surface area contributed by atoms with Crippen LogP contribution in [0.25, 0.3) is 0 Å². The molecule has 38 valence electrons. The Labute approximate surface area is 48.8 Å². The molecule has 0 saturated heterocycles. The molecule has 0 amide bonds. The topological polar surface area (TPSA) is 0 Å². The fourth-order valence-corrected chi connectivity index (χ4v) is 0.245. The van der Waals surface area contributed by atoms with Gasteiger partial charge >= 0.3 is 0 Å². The van der Waals surface area contributed by atoms with Crippen molar-refractivity contribution < 1.29 is 0 Å². The van der Waals surface area contributed by atoms with Crippen LogP contribution in [0.1, 0.15) is 0 Å². The van der Waals surface area contributed by atoms with Crippen molar-refractivity contribution in [2.45, 2.75) is 0 Å². The SMILES string of the molecule is C=C/C=C/C(=C)Cl. The van der Waals surface area contributed by atoms with E-state index in [0.717, 1.165) is 0 Å². The summed E-state index contributed by atoms with van der Waals surface area (Å²) in [5.41, 5.74) is 0. The fourth-order valence-electron chi connectivity index (χ4n) is 0.172. The standard InChI is InChI=1S/C6H7Cl/c1-3-4-5-6(2)7/h3-5H,1-2H2/b5-4+. The van der Waals surface area contributed by atoms with E-state index in [-0.39, 0.29) is 0 Å². The number of hydrogen-bond acceptors (Lipinski definition) is 0. The first kappa shape index (κ1) is 6.51. The minimum absolute atomic E-state index is 0.528. The molecule has 1 heteroatoms. The van der Waals surface area contributed by atoms with E-state index in [2.05, 4.69) is 13.2 Å². The van der Waals surface area contributed by atoms with E-state index in [1.807, 2.05) is 0 Å². The van der Waals surface area contributed by atoms with Crippen LogP contribution in [-0.2, 0) is 0 Å². The molecule has 0 nitrogen and oxygen atoms in total. The predicted molar refractivity (Wildman–Crippen MR) is 34.3 cm³/mol. The van der Waals surface area contributed by atoms with Crippen LogP contribution in [0.15, 0.2) is 36.4 Å². The van der Waals surface area contributed by atoms with Crippen LogP contribution in [0, 0.1) is 0 Å². The first-order valence-electron chi connectivity index (χ1n) is 1.91. The van der Waals surface area contributed by atoms with Crippen molar-refractivity contribution in [3.63, 3.8) is 0 Å². The van der Waals surface area contributed by atoms with Gasteiger partial charge in [0.25, 0.3) is 0 Å². The summed E-state index contributed by atoms with van der Waals surface area (Å²) in [5, 5.41) is 0.528. The van der Waals surface area contributed by atoms with Gasteiger partial charge in [-0.2, -0.15) is 0 Å². The Kier molecular flexibility index (Phi) is 3.43. The van der Waals surface area contributed by atoms with Crippen molar-refractivity contribution in [2.75, 3.05) is 0 Å². The molecule has 0 rings (SSSR count). The predicted octanol–water partition coefficient (Wildman–Crippen LogP) is 2.48. The smallest absolute Gasteiger partial charge is 0.0334 e. The zero-order valence-corrected chi connectivity index (χ0v) is 4.78. The Bertz CT molecular complexity index is 101. The third-order valence-corrected chi connectivity index (χ3v) is 0.539. The van der Waals surface area contributed by atoms with E-state index in [1.165, 1.54) is 0 Å². The average molecular weight is 115 g/mol. The van der Waals surface area contributed by atoms with Gasteiger partial charge in [-0.15, -0.1) is 0 Å². The molecule has 0 aliphatic carbocycles. The van der Waals surface area contributed by atoms with Crippen molar-refractivity contribution >= 4 is 11.6 Å². The van der Waals surface area contributed by atoms with Crippen molar-refractivity contribution in [1.82, 2.24) is 0 Å². The van der Waals surface area contributed by atoms with Crippen LogP contribution in [0.2, 0.25) is 0 Å². The van der Waals surface area contributed by atoms with Gasteiger partial charge in [0, 0.05) is 5.03 Å². The quantitative estimate of drug-likeness (QED) is 0.484. The summed E-state index contributed by atoms with van der Waals surface area (Å²) in [6.07, 6.45) is 5.05. The molecular formula is C6H7Cl. The lowest BCUT2D eigenvalue weighted by atomic mass is 10.5. The van der Waals surface area contributed by atoms with Crippen LogP contribution in [0.3, 0.4) is 0 Å². The number of rotatable bonds is 2. The molecule has 0 fully saturated rings. The molecule has 0 aromatic carbocycles. The van der Waals surface area contributed by atoms with Gasteiger partial charge in [-0.05, 0) is 6.08 Å². The molecule has 0 aliphatic rings. The molecule has 0 saturated carbocycles. The summed E-state index contributed by atoms with van der Waals surface area (Å²) in [6.45, 7) is 6.87. The minimum atomic E-state index is 0.528. The summed E-state index contributed by atoms with van der Waals surface area (Å²) < 4.78 is 0. The third-order valence-electron chi connectivity index (χ3n) is 0.413. The van der Waals surface area contributed by atoms with Crippen molar-refractivity contribution in [1.29, 1.82) is 0 Å². The molecule has 0 aliphatic heterocycles. The van der Waals surface area contributed by atoms with E-state index >= 15 is 0 Å². The van der Waals surface area contributed by atoms with Crippen LogP contribution in [-0.4, -0.2) is 0 Å². The van der Waals surface area contributed by atoms with Gasteiger partial charge < -0.3 is 0 Å². The first-order valence-corrected chi connectivity index (χ1v) is 2.28. The third kappa shape index (κ3) is 5.51. The summed E-state index contributed by atoms with van der Waals surface area (Å²) in [5.74, 6) is 0. The average Bonchev–Trinajstić information content (AvgIpc) is 1.61. The van der Waals surface area contributed by atoms with Crippen LogP contribution < -0.4 is 0 Å². The molecule has 0 N–H and O–H groups in total. The normalized spacial score (nSPS) is 9.29. The van der Waals surface area contributed by atoms with Gasteiger partial charge in [0.1, 0.15) is 0 Å². The van der Waals surface area contributed by atoms with E-state index in [0.29, 0.717) is 5.03 Å². The molecule has 0 unspecified atom stereocenters. The van der Waals surface area contributed by atoms with Gasteiger partial charge in [-0.25, -0.2) is 0 Å². The zero-order chi connectivity index (χ0) is 5.70. The second kappa shape index (κ2) is 3.69. The van der Waals surface area contributed by atoms with E-state index in [9.17, 15) is 0 Å². The fraction of sp³-hybridized carbons (Fsp3) is 0. The molecule has 0 atom stereocenters. The Morgan fingerprint density at radius 3 is 2.29 bits per heavy atom. The Morgan fingerprint density at radius 1 is 1.57 bits per heavy atom. The van der Waals surface area contributed by atoms with Gasteiger partial charge in [0.15, 0.2) is 0 Å². The Morgan fingerprint density at radius 2 is 2.14 bits per heavy atom. The Balaban J connectivity index is 3.46. The van der Waals surface area contributed by atoms with E-state index in [1.54, 1.807) is 18.2 Å². The lowest BCUT2D eigenvalue weighted by molar-refractivity contribution is 1.92. The van der Waals surface area contributed by atoms with Gasteiger partial charge in [0.05, 0.1) is 0 Å². The second-order valence-corrected chi connectivity index (χ2v) is 1.53. The Hall–Kier alpha value is -0.490. The number of halogens is 1. The molecule has 0 heterocycles. The maximum absolute atomic E-state index is 5.33. The summed E-state index contributed by atoms with van der Waals surface area (Å²) in [7, 11) is 0. The molecule has 7 heavy (non-hydrogen) atoms. The first-order chi connectivity index (χ1) is 3.27. The second-order valence-electron chi connectivity index (χ2n) is 1.04. The molecule has 0 aromatic heterocycles. The van der Waals surface area contributed by atoms with Crippen molar-refractivity contribution in [3.8, 4) is 0 Å².